The van der Waals surface area contributed by atoms with E-state index >= 15 is 0 Å². The summed E-state index contributed by atoms with van der Waals surface area (Å²) in [5.41, 5.74) is 1.27. The third-order valence-corrected chi connectivity index (χ3v) is 6.75. The zero-order chi connectivity index (χ0) is 22.7. The normalized spacial score (nSPS) is 17.6. The summed E-state index contributed by atoms with van der Waals surface area (Å²) in [6.45, 7) is 4.00. The van der Waals surface area contributed by atoms with Crippen LogP contribution in [0, 0.1) is 0 Å². The zero-order valence-corrected chi connectivity index (χ0v) is 18.9. The van der Waals surface area contributed by atoms with Gasteiger partial charge in [-0.15, -0.1) is 11.3 Å². The highest BCUT2D eigenvalue weighted by Crippen LogP contribution is 2.39. The number of aryl methyl sites for hydroxylation is 1. The Labute approximate surface area is 190 Å². The van der Waals surface area contributed by atoms with Crippen molar-refractivity contribution in [1.82, 2.24) is 14.8 Å². The fraction of sp³-hybridized carbons (Fsp3) is 0.455. The van der Waals surface area contributed by atoms with Gasteiger partial charge in [0.2, 0.25) is 5.91 Å². The molecule has 10 heteroatoms. The Morgan fingerprint density at radius 1 is 1.12 bits per heavy atom. The minimum absolute atomic E-state index is 0.0330. The smallest absolute Gasteiger partial charge is 0.409 e. The Bertz CT molecular complexity index is 998. The third-order valence-electron chi connectivity index (χ3n) is 5.71. The number of ether oxygens (including phenoxy) is 2. The molecule has 1 saturated heterocycles. The highest BCUT2D eigenvalue weighted by molar-refractivity contribution is 7.16. The molecule has 2 aromatic rings. The number of methoxy groups -OCH3 is 1. The van der Waals surface area contributed by atoms with Gasteiger partial charge in [0, 0.05) is 36.6 Å². The molecule has 0 radical (unpaired) electrons. The van der Waals surface area contributed by atoms with Gasteiger partial charge in [-0.25, -0.2) is 9.78 Å². The number of anilines is 1. The maximum Gasteiger partial charge on any atom is 0.409 e. The summed E-state index contributed by atoms with van der Waals surface area (Å²) in [6.07, 6.45) is 1.15. The number of benzene rings is 1. The molecule has 1 aromatic heterocycles. The molecule has 0 bridgehead atoms. The Morgan fingerprint density at radius 3 is 2.47 bits per heavy atom. The summed E-state index contributed by atoms with van der Waals surface area (Å²) in [5, 5.41) is 3.34. The van der Waals surface area contributed by atoms with Crippen molar-refractivity contribution in [2.75, 3.05) is 45.2 Å². The van der Waals surface area contributed by atoms with Gasteiger partial charge in [0.25, 0.3) is 5.91 Å². The van der Waals surface area contributed by atoms with E-state index in [4.69, 9.17) is 9.47 Å². The molecule has 1 aromatic carbocycles. The topological polar surface area (TPSA) is 101 Å². The van der Waals surface area contributed by atoms with E-state index in [2.05, 4.69) is 10.3 Å². The molecule has 1 N–H and O–H groups in total. The van der Waals surface area contributed by atoms with Crippen molar-refractivity contribution in [2.24, 2.45) is 0 Å². The molecular weight excluding hydrogens is 432 g/mol. The van der Waals surface area contributed by atoms with Crippen LogP contribution in [0.25, 0.3) is 0 Å². The maximum atomic E-state index is 13.1. The highest BCUT2D eigenvalue weighted by Gasteiger charge is 2.36. The summed E-state index contributed by atoms with van der Waals surface area (Å²) >= 11 is 1.42. The largest absolute Gasteiger partial charge is 0.497 e. The van der Waals surface area contributed by atoms with Crippen molar-refractivity contribution < 1.29 is 23.9 Å². The first-order chi connectivity index (χ1) is 15.5. The average molecular weight is 459 g/mol. The molecule has 1 aliphatic carbocycles. The van der Waals surface area contributed by atoms with E-state index in [1.54, 1.807) is 48.1 Å². The highest BCUT2D eigenvalue weighted by atomic mass is 32.1. The first-order valence-corrected chi connectivity index (χ1v) is 11.5. The molecule has 0 saturated carbocycles. The summed E-state index contributed by atoms with van der Waals surface area (Å²) in [6, 6.07) is 6.84. The fourth-order valence-corrected chi connectivity index (χ4v) is 5.01. The van der Waals surface area contributed by atoms with E-state index in [0.717, 1.165) is 23.4 Å². The van der Waals surface area contributed by atoms with Gasteiger partial charge < -0.3 is 19.3 Å². The summed E-state index contributed by atoms with van der Waals surface area (Å²) in [4.78, 5) is 46.6. The molecule has 0 spiro atoms. The minimum Gasteiger partial charge on any atom is -0.497 e. The lowest BCUT2D eigenvalue weighted by molar-refractivity contribution is -0.134. The predicted octanol–water partition coefficient (Wildman–Crippen LogP) is 2.73. The number of aromatic nitrogens is 1. The van der Waals surface area contributed by atoms with Crippen LogP contribution >= 0.6 is 11.3 Å². The van der Waals surface area contributed by atoms with Crippen LogP contribution in [0.2, 0.25) is 0 Å². The zero-order valence-electron chi connectivity index (χ0n) is 18.1. The first kappa shape index (κ1) is 22.1. The predicted molar refractivity (Wildman–Crippen MR) is 119 cm³/mol. The molecule has 1 atom stereocenters. The van der Waals surface area contributed by atoms with Gasteiger partial charge in [0.1, 0.15) is 5.75 Å². The Kier molecular flexibility index (Phi) is 6.59. The van der Waals surface area contributed by atoms with Crippen LogP contribution in [-0.2, 0) is 16.0 Å². The molecular formula is C22H26N4O5S. The molecule has 1 aliphatic heterocycles. The number of carbonyl (C=O) groups is 3. The Hall–Kier alpha value is -3.14. The fourth-order valence-electron chi connectivity index (χ4n) is 3.98. The van der Waals surface area contributed by atoms with Gasteiger partial charge >= 0.3 is 6.09 Å². The number of carbonyl (C=O) groups excluding carboxylic acids is 3. The number of thiazole rings is 1. The van der Waals surface area contributed by atoms with Crippen LogP contribution in [0.4, 0.5) is 9.93 Å². The molecule has 2 aliphatic rings. The Balaban J connectivity index is 1.37. The number of nitrogens with zero attached hydrogens (tertiary/aromatic N) is 3. The van der Waals surface area contributed by atoms with Crippen LogP contribution in [0.3, 0.4) is 0 Å². The van der Waals surface area contributed by atoms with Crippen LogP contribution in [-0.4, -0.2) is 72.6 Å². The van der Waals surface area contributed by atoms with E-state index in [9.17, 15) is 14.4 Å². The molecule has 1 unspecified atom stereocenters. The van der Waals surface area contributed by atoms with Crippen molar-refractivity contribution in [3.8, 4) is 5.75 Å². The maximum absolute atomic E-state index is 13.1. The van der Waals surface area contributed by atoms with E-state index in [1.165, 1.54) is 11.3 Å². The third kappa shape index (κ3) is 4.55. The van der Waals surface area contributed by atoms with E-state index in [1.807, 2.05) is 0 Å². The average Bonchev–Trinajstić information content (AvgIpc) is 3.39. The van der Waals surface area contributed by atoms with Crippen LogP contribution < -0.4 is 10.1 Å². The molecule has 1 fully saturated rings. The molecule has 170 valence electrons. The minimum atomic E-state index is -0.334. The van der Waals surface area contributed by atoms with Crippen LogP contribution in [0.5, 0.6) is 5.75 Å². The van der Waals surface area contributed by atoms with E-state index < -0.39 is 0 Å². The van der Waals surface area contributed by atoms with Gasteiger partial charge in [-0.05, 0) is 44.0 Å². The van der Waals surface area contributed by atoms with Gasteiger partial charge in [0.15, 0.2) is 5.13 Å². The van der Waals surface area contributed by atoms with Crippen molar-refractivity contribution in [1.29, 1.82) is 0 Å². The molecule has 2 heterocycles. The molecule has 3 amide bonds. The lowest BCUT2D eigenvalue weighted by Crippen LogP contribution is -2.51. The van der Waals surface area contributed by atoms with Crippen LogP contribution in [0.1, 0.15) is 40.2 Å². The van der Waals surface area contributed by atoms with Crippen molar-refractivity contribution >= 4 is 34.4 Å². The number of rotatable bonds is 5. The van der Waals surface area contributed by atoms with Gasteiger partial charge in [-0.3, -0.25) is 14.9 Å². The SMILES string of the molecule is CCOC(=O)N1CCN(C(=O)C2CCc3sc(NC(=O)c4ccc(OC)cc4)nc32)CC1. The number of nitrogens with one attached hydrogen (secondary N) is 1. The first-order valence-electron chi connectivity index (χ1n) is 10.7. The van der Waals surface area contributed by atoms with Crippen molar-refractivity contribution in [3.05, 3.63) is 40.4 Å². The molecule has 9 nitrogen and oxygen atoms in total. The standard InChI is InChI=1S/C22H26N4O5S/c1-3-31-22(29)26-12-10-25(11-13-26)20(28)16-8-9-17-18(16)23-21(32-17)24-19(27)14-4-6-15(30-2)7-5-14/h4-7,16H,3,8-13H2,1-2H3,(H,23,24,27). The van der Waals surface area contributed by atoms with Crippen molar-refractivity contribution in [3.63, 3.8) is 0 Å². The number of amides is 3. The lowest BCUT2D eigenvalue weighted by atomic mass is 10.1. The molecule has 4 rings (SSSR count). The Morgan fingerprint density at radius 2 is 1.81 bits per heavy atom. The number of hydrogen-bond donors (Lipinski definition) is 1. The number of fused-ring (bicyclic) bond motifs is 1. The summed E-state index contributed by atoms with van der Waals surface area (Å²) in [7, 11) is 1.57. The quantitative estimate of drug-likeness (QED) is 0.739. The monoisotopic (exact) mass is 458 g/mol. The second-order valence-corrected chi connectivity index (χ2v) is 8.70. The van der Waals surface area contributed by atoms with E-state index in [0.29, 0.717) is 49.2 Å². The molecule has 32 heavy (non-hydrogen) atoms. The summed E-state index contributed by atoms with van der Waals surface area (Å²) in [5.74, 6) is 0.157. The van der Waals surface area contributed by atoms with Gasteiger partial charge in [-0.1, -0.05) is 0 Å². The lowest BCUT2D eigenvalue weighted by Gasteiger charge is -2.35. The van der Waals surface area contributed by atoms with Gasteiger partial charge in [0.05, 0.1) is 25.3 Å². The second kappa shape index (κ2) is 9.56. The number of hydrogen-bond acceptors (Lipinski definition) is 7. The second-order valence-electron chi connectivity index (χ2n) is 7.61. The van der Waals surface area contributed by atoms with E-state index in [-0.39, 0.29) is 23.8 Å². The van der Waals surface area contributed by atoms with Crippen LogP contribution in [0.15, 0.2) is 24.3 Å². The van der Waals surface area contributed by atoms with Gasteiger partial charge in [-0.2, -0.15) is 0 Å². The van der Waals surface area contributed by atoms with Crippen molar-refractivity contribution in [2.45, 2.75) is 25.7 Å². The summed E-state index contributed by atoms with van der Waals surface area (Å²) < 4.78 is 10.2. The number of piperazine rings is 1.